The second-order valence-electron chi connectivity index (χ2n) is 9.51. The molecule has 2 saturated carbocycles. The van der Waals surface area contributed by atoms with Gasteiger partial charge in [-0.1, -0.05) is 88.6 Å². The molecule has 2 aliphatic carbocycles. The minimum atomic E-state index is 0.766. The quantitative estimate of drug-likeness (QED) is 0.304. The number of hydrogen-bond acceptors (Lipinski definition) is 0. The second-order valence-corrected chi connectivity index (χ2v) is 9.51. The van der Waals surface area contributed by atoms with Crippen molar-refractivity contribution in [3.8, 4) is 0 Å². The highest BCUT2D eigenvalue weighted by atomic mass is 14.3. The second kappa shape index (κ2) is 11.1. The molecule has 0 radical (unpaired) electrons. The Balaban J connectivity index is 1.36. The molecule has 2 fully saturated rings. The molecule has 0 saturated heterocycles. The minimum Gasteiger partial charge on any atom is -0.103 e. The Kier molecular flexibility index (Phi) is 8.49. The smallest absolute Gasteiger partial charge is 0.0162 e. The first-order chi connectivity index (χ1) is 13.3. The van der Waals surface area contributed by atoms with Crippen LogP contribution >= 0.6 is 0 Å². The molecule has 2 aliphatic rings. The first-order valence-electron chi connectivity index (χ1n) is 12.0. The third-order valence-electron chi connectivity index (χ3n) is 7.58. The SMILES string of the molecule is C=CC1CCC(c2ccc(CCC3CCC(CCCCC)CC3)cc2)CC1. The molecule has 0 nitrogen and oxygen atoms in total. The molecule has 150 valence electrons. The minimum absolute atomic E-state index is 0.766. The van der Waals surface area contributed by atoms with Gasteiger partial charge >= 0.3 is 0 Å². The molecular weight excluding hydrogens is 324 g/mol. The normalized spacial score (nSPS) is 28.8. The molecule has 0 aliphatic heterocycles. The number of rotatable bonds is 9. The largest absolute Gasteiger partial charge is 0.103 e. The van der Waals surface area contributed by atoms with E-state index in [0.29, 0.717) is 0 Å². The van der Waals surface area contributed by atoms with Gasteiger partial charge in [0.2, 0.25) is 0 Å². The summed E-state index contributed by atoms with van der Waals surface area (Å²) >= 11 is 0. The Morgan fingerprint density at radius 1 is 0.815 bits per heavy atom. The molecule has 0 heteroatoms. The van der Waals surface area contributed by atoms with Gasteiger partial charge in [0.1, 0.15) is 0 Å². The van der Waals surface area contributed by atoms with Crippen LogP contribution in [0.25, 0.3) is 0 Å². The fourth-order valence-corrected chi connectivity index (χ4v) is 5.51. The maximum Gasteiger partial charge on any atom is -0.0162 e. The third kappa shape index (κ3) is 6.51. The standard InChI is InChI=1S/C27H42/c1-3-5-6-7-23-8-10-24(11-9-23)12-13-25-16-20-27(21-17-25)26-18-14-22(4-2)15-19-26/h4,16-17,20-24,26H,2-3,5-15,18-19H2,1H3. The lowest BCUT2D eigenvalue weighted by atomic mass is 9.77. The highest BCUT2D eigenvalue weighted by Crippen LogP contribution is 2.37. The zero-order valence-corrected chi connectivity index (χ0v) is 17.8. The first-order valence-corrected chi connectivity index (χ1v) is 12.0. The van der Waals surface area contributed by atoms with Gasteiger partial charge in [-0.05, 0) is 73.3 Å². The van der Waals surface area contributed by atoms with E-state index in [1.807, 2.05) is 0 Å². The average Bonchev–Trinajstić information content (AvgIpc) is 2.74. The zero-order chi connectivity index (χ0) is 18.9. The van der Waals surface area contributed by atoms with Crippen LogP contribution in [0.5, 0.6) is 0 Å². The van der Waals surface area contributed by atoms with Crippen LogP contribution in [0.1, 0.15) is 107 Å². The van der Waals surface area contributed by atoms with E-state index in [4.69, 9.17) is 0 Å². The number of benzene rings is 1. The van der Waals surface area contributed by atoms with E-state index in [-0.39, 0.29) is 0 Å². The summed E-state index contributed by atoms with van der Waals surface area (Å²) < 4.78 is 0. The molecule has 0 aromatic heterocycles. The van der Waals surface area contributed by atoms with Crippen LogP contribution in [0.2, 0.25) is 0 Å². The van der Waals surface area contributed by atoms with E-state index in [2.05, 4.69) is 43.8 Å². The van der Waals surface area contributed by atoms with Crippen LogP contribution in [-0.4, -0.2) is 0 Å². The Bertz CT molecular complexity index is 524. The van der Waals surface area contributed by atoms with Crippen molar-refractivity contribution in [1.29, 1.82) is 0 Å². The molecule has 3 rings (SSSR count). The van der Waals surface area contributed by atoms with Crippen molar-refractivity contribution in [2.75, 3.05) is 0 Å². The van der Waals surface area contributed by atoms with Crippen molar-refractivity contribution < 1.29 is 0 Å². The van der Waals surface area contributed by atoms with Crippen molar-refractivity contribution in [3.05, 3.63) is 48.0 Å². The molecule has 0 spiro atoms. The summed E-state index contributed by atoms with van der Waals surface area (Å²) in [4.78, 5) is 0. The van der Waals surface area contributed by atoms with Crippen LogP contribution in [-0.2, 0) is 6.42 Å². The summed E-state index contributed by atoms with van der Waals surface area (Å²) in [5, 5.41) is 0. The first kappa shape index (κ1) is 20.7. The van der Waals surface area contributed by atoms with Crippen molar-refractivity contribution in [2.45, 2.75) is 103 Å². The third-order valence-corrected chi connectivity index (χ3v) is 7.58. The van der Waals surface area contributed by atoms with Gasteiger partial charge in [-0.25, -0.2) is 0 Å². The predicted octanol–water partition coefficient (Wildman–Crippen LogP) is 8.47. The Morgan fingerprint density at radius 2 is 1.44 bits per heavy atom. The van der Waals surface area contributed by atoms with Crippen LogP contribution in [0.3, 0.4) is 0 Å². The molecule has 0 amide bonds. The molecular formula is C27H42. The van der Waals surface area contributed by atoms with Gasteiger partial charge in [0.25, 0.3) is 0 Å². The maximum absolute atomic E-state index is 3.97. The zero-order valence-electron chi connectivity index (χ0n) is 17.8. The summed E-state index contributed by atoms with van der Waals surface area (Å²) in [5.41, 5.74) is 3.14. The summed E-state index contributed by atoms with van der Waals surface area (Å²) in [5.74, 6) is 3.59. The molecule has 0 heterocycles. The van der Waals surface area contributed by atoms with Crippen LogP contribution in [0, 0.1) is 17.8 Å². The van der Waals surface area contributed by atoms with Gasteiger partial charge in [0.05, 0.1) is 0 Å². The fraction of sp³-hybridized carbons (Fsp3) is 0.704. The number of allylic oxidation sites excluding steroid dienone is 1. The van der Waals surface area contributed by atoms with Gasteiger partial charge in [0.15, 0.2) is 0 Å². The molecule has 1 aromatic carbocycles. The lowest BCUT2D eigenvalue weighted by Gasteiger charge is -2.29. The van der Waals surface area contributed by atoms with Crippen LogP contribution < -0.4 is 0 Å². The predicted molar refractivity (Wildman–Crippen MR) is 119 cm³/mol. The van der Waals surface area contributed by atoms with Gasteiger partial charge < -0.3 is 0 Å². The topological polar surface area (TPSA) is 0 Å². The fourth-order valence-electron chi connectivity index (χ4n) is 5.51. The monoisotopic (exact) mass is 366 g/mol. The van der Waals surface area contributed by atoms with Gasteiger partial charge in [0, 0.05) is 0 Å². The van der Waals surface area contributed by atoms with Crippen molar-refractivity contribution in [3.63, 3.8) is 0 Å². The van der Waals surface area contributed by atoms with Crippen molar-refractivity contribution in [2.24, 2.45) is 17.8 Å². The molecule has 0 atom stereocenters. The number of hydrogen-bond donors (Lipinski definition) is 0. The van der Waals surface area contributed by atoms with Gasteiger partial charge in [-0.15, -0.1) is 6.58 Å². The lowest BCUT2D eigenvalue weighted by molar-refractivity contribution is 0.249. The van der Waals surface area contributed by atoms with E-state index in [1.54, 1.807) is 11.1 Å². The molecule has 0 unspecified atom stereocenters. The van der Waals surface area contributed by atoms with Crippen molar-refractivity contribution >= 4 is 0 Å². The molecule has 0 N–H and O–H groups in total. The maximum atomic E-state index is 3.97. The number of aryl methyl sites for hydroxylation is 1. The van der Waals surface area contributed by atoms with E-state index < -0.39 is 0 Å². The van der Waals surface area contributed by atoms with Crippen LogP contribution in [0.15, 0.2) is 36.9 Å². The highest BCUT2D eigenvalue weighted by Gasteiger charge is 2.22. The Labute approximate surface area is 168 Å². The number of unbranched alkanes of at least 4 members (excludes halogenated alkanes) is 2. The van der Waals surface area contributed by atoms with E-state index in [0.717, 1.165) is 23.7 Å². The average molecular weight is 367 g/mol. The van der Waals surface area contributed by atoms with Crippen molar-refractivity contribution in [1.82, 2.24) is 0 Å². The Morgan fingerprint density at radius 3 is 2.04 bits per heavy atom. The van der Waals surface area contributed by atoms with E-state index in [9.17, 15) is 0 Å². The summed E-state index contributed by atoms with van der Waals surface area (Å²) in [6.07, 6.45) is 21.9. The lowest BCUT2D eigenvalue weighted by Crippen LogP contribution is -2.15. The highest BCUT2D eigenvalue weighted by molar-refractivity contribution is 5.26. The summed E-state index contributed by atoms with van der Waals surface area (Å²) in [6.45, 7) is 6.29. The van der Waals surface area contributed by atoms with E-state index >= 15 is 0 Å². The van der Waals surface area contributed by atoms with Gasteiger partial charge in [-0.2, -0.15) is 0 Å². The summed E-state index contributed by atoms with van der Waals surface area (Å²) in [7, 11) is 0. The Hall–Kier alpha value is -1.04. The molecule has 1 aromatic rings. The molecule has 0 bridgehead atoms. The molecule has 27 heavy (non-hydrogen) atoms. The van der Waals surface area contributed by atoms with Crippen LogP contribution in [0.4, 0.5) is 0 Å². The van der Waals surface area contributed by atoms with E-state index in [1.165, 1.54) is 89.9 Å². The summed E-state index contributed by atoms with van der Waals surface area (Å²) in [6, 6.07) is 9.70. The van der Waals surface area contributed by atoms with Gasteiger partial charge in [-0.3, -0.25) is 0 Å².